The van der Waals surface area contributed by atoms with Crippen molar-refractivity contribution in [2.75, 3.05) is 21.2 Å². The summed E-state index contributed by atoms with van der Waals surface area (Å²) in [7, 11) is 5.80. The number of nitrogens with zero attached hydrogens (tertiary/aromatic N) is 1. The van der Waals surface area contributed by atoms with Crippen LogP contribution in [0, 0.1) is 0 Å². The third-order valence-corrected chi connectivity index (χ3v) is 4.66. The Morgan fingerprint density at radius 2 is 2.05 bits per heavy atom. The van der Waals surface area contributed by atoms with Gasteiger partial charge in [0, 0.05) is 16.1 Å². The highest BCUT2D eigenvalue weighted by molar-refractivity contribution is 9.10. The number of halogens is 1. The molecule has 0 bridgehead atoms. The number of hydrogen-bond acceptors (Lipinski definition) is 4. The average Bonchev–Trinajstić information content (AvgIpc) is 2.37. The van der Waals surface area contributed by atoms with Gasteiger partial charge in [-0.1, -0.05) is 15.9 Å². The van der Waals surface area contributed by atoms with Gasteiger partial charge in [0.05, 0.1) is 7.11 Å². The molecule has 1 unspecified atom stereocenters. The SMILES string of the molecule is COc1ccc(Br)c(CC(NN)C(C)(C)N(C)C)c1. The Morgan fingerprint density at radius 3 is 2.53 bits per heavy atom. The van der Waals surface area contributed by atoms with Crippen molar-refractivity contribution in [1.29, 1.82) is 0 Å². The molecule has 0 amide bonds. The van der Waals surface area contributed by atoms with Gasteiger partial charge in [-0.15, -0.1) is 0 Å². The van der Waals surface area contributed by atoms with Crippen LogP contribution in [0.1, 0.15) is 19.4 Å². The number of rotatable bonds is 6. The highest BCUT2D eigenvalue weighted by atomic mass is 79.9. The van der Waals surface area contributed by atoms with Crippen LogP contribution in [0.4, 0.5) is 0 Å². The summed E-state index contributed by atoms with van der Waals surface area (Å²) < 4.78 is 6.35. The van der Waals surface area contributed by atoms with Gasteiger partial charge in [-0.3, -0.25) is 11.3 Å². The van der Waals surface area contributed by atoms with E-state index in [-0.39, 0.29) is 11.6 Å². The molecule has 1 aromatic carbocycles. The maximum Gasteiger partial charge on any atom is 0.119 e. The zero-order valence-corrected chi connectivity index (χ0v) is 13.9. The summed E-state index contributed by atoms with van der Waals surface area (Å²) in [5.74, 6) is 6.60. The Bertz CT molecular complexity index is 421. The maximum absolute atomic E-state index is 5.74. The highest BCUT2D eigenvalue weighted by Crippen LogP contribution is 2.26. The van der Waals surface area contributed by atoms with Crippen LogP contribution < -0.4 is 16.0 Å². The van der Waals surface area contributed by atoms with Gasteiger partial charge in [-0.05, 0) is 58.1 Å². The topological polar surface area (TPSA) is 50.5 Å². The summed E-state index contributed by atoms with van der Waals surface area (Å²) in [4.78, 5) is 2.17. The van der Waals surface area contributed by atoms with E-state index in [9.17, 15) is 0 Å². The minimum Gasteiger partial charge on any atom is -0.497 e. The van der Waals surface area contributed by atoms with Crippen LogP contribution >= 0.6 is 15.9 Å². The molecule has 1 atom stereocenters. The Balaban J connectivity index is 2.99. The van der Waals surface area contributed by atoms with E-state index in [0.717, 1.165) is 16.6 Å². The van der Waals surface area contributed by atoms with Crippen LogP contribution in [0.3, 0.4) is 0 Å². The summed E-state index contributed by atoms with van der Waals surface area (Å²) >= 11 is 3.58. The number of methoxy groups -OCH3 is 1. The predicted octanol–water partition coefficient (Wildman–Crippen LogP) is 2.17. The largest absolute Gasteiger partial charge is 0.497 e. The monoisotopic (exact) mass is 329 g/mol. The highest BCUT2D eigenvalue weighted by Gasteiger charge is 2.31. The van der Waals surface area contributed by atoms with Crippen molar-refractivity contribution in [1.82, 2.24) is 10.3 Å². The van der Waals surface area contributed by atoms with Gasteiger partial charge in [-0.2, -0.15) is 0 Å². The van der Waals surface area contributed by atoms with Gasteiger partial charge in [0.1, 0.15) is 5.75 Å². The quantitative estimate of drug-likeness (QED) is 0.620. The lowest BCUT2D eigenvalue weighted by Gasteiger charge is -2.40. The van der Waals surface area contributed by atoms with Crippen molar-refractivity contribution in [2.24, 2.45) is 5.84 Å². The Hall–Kier alpha value is -0.620. The molecule has 0 saturated carbocycles. The van der Waals surface area contributed by atoms with Crippen molar-refractivity contribution in [3.63, 3.8) is 0 Å². The molecule has 0 aliphatic rings. The molecular formula is C14H24BrN3O. The first-order valence-electron chi connectivity index (χ1n) is 6.29. The third-order valence-electron chi connectivity index (χ3n) is 3.88. The molecule has 1 aromatic rings. The average molecular weight is 330 g/mol. The molecule has 0 saturated heterocycles. The normalized spacial score (nSPS) is 13.7. The maximum atomic E-state index is 5.74. The minimum atomic E-state index is -0.0583. The molecule has 5 heteroatoms. The number of ether oxygens (including phenoxy) is 1. The van der Waals surface area contributed by atoms with Gasteiger partial charge in [-0.25, -0.2) is 0 Å². The number of nitrogens with one attached hydrogen (secondary N) is 1. The van der Waals surface area contributed by atoms with E-state index in [4.69, 9.17) is 10.6 Å². The number of likely N-dealkylation sites (N-methyl/N-ethyl adjacent to an activating group) is 1. The standard InChI is InChI=1S/C14H24BrN3O/c1-14(2,18(3)4)13(17-16)9-10-8-11(19-5)6-7-12(10)15/h6-8,13,17H,9,16H2,1-5H3. The van der Waals surface area contributed by atoms with E-state index >= 15 is 0 Å². The van der Waals surface area contributed by atoms with Crippen molar-refractivity contribution >= 4 is 15.9 Å². The van der Waals surface area contributed by atoms with Crippen LogP contribution in [-0.4, -0.2) is 37.7 Å². The van der Waals surface area contributed by atoms with E-state index in [1.807, 2.05) is 18.2 Å². The fraction of sp³-hybridized carbons (Fsp3) is 0.571. The molecule has 4 nitrogen and oxygen atoms in total. The fourth-order valence-corrected chi connectivity index (χ4v) is 2.29. The predicted molar refractivity (Wildman–Crippen MR) is 83.3 cm³/mol. The van der Waals surface area contributed by atoms with Gasteiger partial charge >= 0.3 is 0 Å². The van der Waals surface area contributed by atoms with E-state index in [1.54, 1.807) is 7.11 Å². The van der Waals surface area contributed by atoms with E-state index in [1.165, 1.54) is 5.56 Å². The number of hydrazine groups is 1. The second-order valence-electron chi connectivity index (χ2n) is 5.43. The van der Waals surface area contributed by atoms with Crippen molar-refractivity contribution < 1.29 is 4.74 Å². The van der Waals surface area contributed by atoms with Gasteiger partial charge in [0.15, 0.2) is 0 Å². The first-order chi connectivity index (χ1) is 8.82. The van der Waals surface area contributed by atoms with E-state index < -0.39 is 0 Å². The lowest BCUT2D eigenvalue weighted by atomic mass is 9.88. The van der Waals surface area contributed by atoms with E-state index in [2.05, 4.69) is 54.2 Å². The second-order valence-corrected chi connectivity index (χ2v) is 6.28. The summed E-state index contributed by atoms with van der Waals surface area (Å²) in [5.41, 5.74) is 4.05. The molecular weight excluding hydrogens is 306 g/mol. The first kappa shape index (κ1) is 16.4. The van der Waals surface area contributed by atoms with Crippen molar-refractivity contribution in [2.45, 2.75) is 31.8 Å². The lowest BCUT2D eigenvalue weighted by Crippen LogP contribution is -2.58. The third kappa shape index (κ3) is 3.92. The zero-order valence-electron chi connectivity index (χ0n) is 12.3. The molecule has 0 aliphatic carbocycles. The Labute approximate surface area is 124 Å². The summed E-state index contributed by atoms with van der Waals surface area (Å²) in [5, 5.41) is 0. The lowest BCUT2D eigenvalue weighted by molar-refractivity contribution is 0.137. The van der Waals surface area contributed by atoms with Gasteiger partial charge < -0.3 is 9.64 Å². The van der Waals surface area contributed by atoms with Crippen LogP contribution in [0.2, 0.25) is 0 Å². The summed E-state index contributed by atoms with van der Waals surface area (Å²) in [6.45, 7) is 4.34. The second kappa shape index (κ2) is 6.70. The van der Waals surface area contributed by atoms with Gasteiger partial charge in [0.2, 0.25) is 0 Å². The summed E-state index contributed by atoms with van der Waals surface area (Å²) in [6, 6.07) is 6.12. The molecule has 0 aromatic heterocycles. The molecule has 1 rings (SSSR count). The molecule has 0 aliphatic heterocycles. The molecule has 0 heterocycles. The Morgan fingerprint density at radius 1 is 1.42 bits per heavy atom. The summed E-state index contributed by atoms with van der Waals surface area (Å²) in [6.07, 6.45) is 0.819. The minimum absolute atomic E-state index is 0.0583. The molecule has 0 radical (unpaired) electrons. The molecule has 19 heavy (non-hydrogen) atoms. The first-order valence-corrected chi connectivity index (χ1v) is 7.08. The van der Waals surface area contributed by atoms with Gasteiger partial charge in [0.25, 0.3) is 0 Å². The van der Waals surface area contributed by atoms with Crippen LogP contribution in [0.15, 0.2) is 22.7 Å². The number of hydrogen-bond donors (Lipinski definition) is 2. The van der Waals surface area contributed by atoms with E-state index in [0.29, 0.717) is 0 Å². The van der Waals surface area contributed by atoms with Crippen LogP contribution in [0.25, 0.3) is 0 Å². The van der Waals surface area contributed by atoms with Crippen molar-refractivity contribution in [3.05, 3.63) is 28.2 Å². The molecule has 108 valence electrons. The Kier molecular flexibility index (Phi) is 5.80. The molecule has 0 spiro atoms. The van der Waals surface area contributed by atoms with Crippen LogP contribution in [0.5, 0.6) is 5.75 Å². The smallest absolute Gasteiger partial charge is 0.119 e. The van der Waals surface area contributed by atoms with Crippen LogP contribution in [-0.2, 0) is 6.42 Å². The van der Waals surface area contributed by atoms with Crippen molar-refractivity contribution in [3.8, 4) is 5.75 Å². The zero-order chi connectivity index (χ0) is 14.6. The fourth-order valence-electron chi connectivity index (χ4n) is 1.88. The number of benzene rings is 1. The number of nitrogens with two attached hydrogens (primary N) is 1. The molecule has 3 N–H and O–H groups in total. The molecule has 0 fully saturated rings.